The Labute approximate surface area is 259 Å². The van der Waals surface area contributed by atoms with E-state index in [-0.39, 0.29) is 17.9 Å². The standard InChI is InChI=1S/C33H32ClFN4O3S/c1-21-29(31(40)42-26-11-3-2-4-12-26)30(22-15-17-25(18-16-22)41-19-23-9-5-7-13-27(23)34)39-32(36-21)37-33(38-39)43-20-24-10-6-8-14-28(24)35/h5-10,13-18,26,30H,2-4,11-12,19-20H2,1H3,(H,36,37,38). The molecule has 43 heavy (non-hydrogen) atoms. The van der Waals surface area contributed by atoms with Gasteiger partial charge in [-0.2, -0.15) is 4.98 Å². The molecule has 0 spiro atoms. The predicted octanol–water partition coefficient (Wildman–Crippen LogP) is 8.11. The molecule has 222 valence electrons. The van der Waals surface area contributed by atoms with Gasteiger partial charge < -0.3 is 14.8 Å². The van der Waals surface area contributed by atoms with Crippen molar-refractivity contribution in [2.75, 3.05) is 5.32 Å². The molecule has 1 N–H and O–H groups in total. The topological polar surface area (TPSA) is 78.3 Å². The summed E-state index contributed by atoms with van der Waals surface area (Å²) in [6.07, 6.45) is 4.94. The van der Waals surface area contributed by atoms with Crippen LogP contribution in [0.2, 0.25) is 5.02 Å². The van der Waals surface area contributed by atoms with Crippen LogP contribution in [-0.2, 0) is 21.9 Å². The number of benzene rings is 3. The Morgan fingerprint density at radius 2 is 1.74 bits per heavy atom. The number of esters is 1. The molecule has 7 nitrogen and oxygen atoms in total. The van der Waals surface area contributed by atoms with Crippen LogP contribution in [0.1, 0.15) is 61.8 Å². The third-order valence-corrected chi connectivity index (χ3v) is 9.00. The first-order valence-electron chi connectivity index (χ1n) is 14.4. The van der Waals surface area contributed by atoms with Gasteiger partial charge in [-0.05, 0) is 68.0 Å². The molecule has 10 heteroatoms. The van der Waals surface area contributed by atoms with Crippen molar-refractivity contribution < 1.29 is 18.7 Å². The number of hydrogen-bond acceptors (Lipinski definition) is 7. The number of halogens is 2. The van der Waals surface area contributed by atoms with E-state index in [0.29, 0.717) is 51.1 Å². The van der Waals surface area contributed by atoms with Crippen molar-refractivity contribution in [1.29, 1.82) is 0 Å². The summed E-state index contributed by atoms with van der Waals surface area (Å²) in [5, 5.41) is 9.16. The van der Waals surface area contributed by atoms with Crippen LogP contribution in [0.15, 0.2) is 89.2 Å². The van der Waals surface area contributed by atoms with Crippen molar-refractivity contribution in [3.8, 4) is 5.75 Å². The summed E-state index contributed by atoms with van der Waals surface area (Å²) in [4.78, 5) is 18.4. The molecule has 1 fully saturated rings. The lowest BCUT2D eigenvalue weighted by atomic mass is 9.95. The number of nitrogens with zero attached hydrogens (tertiary/aromatic N) is 3. The summed E-state index contributed by atoms with van der Waals surface area (Å²) in [6, 6.07) is 21.3. The number of carbonyl (C=O) groups excluding carboxylic acids is 1. The number of rotatable bonds is 9. The number of anilines is 1. The number of allylic oxidation sites excluding steroid dienone is 1. The van der Waals surface area contributed by atoms with Crippen molar-refractivity contribution in [2.45, 2.75) is 68.7 Å². The van der Waals surface area contributed by atoms with Gasteiger partial charge in [-0.15, -0.1) is 5.10 Å². The Morgan fingerprint density at radius 1 is 1.02 bits per heavy atom. The maximum atomic E-state index is 14.2. The third kappa shape index (κ3) is 6.73. The molecule has 1 aliphatic heterocycles. The lowest BCUT2D eigenvalue weighted by Crippen LogP contribution is -2.32. The molecule has 2 heterocycles. The van der Waals surface area contributed by atoms with Gasteiger partial charge in [0.2, 0.25) is 11.1 Å². The van der Waals surface area contributed by atoms with E-state index >= 15 is 0 Å². The molecule has 1 atom stereocenters. The summed E-state index contributed by atoms with van der Waals surface area (Å²) >= 11 is 7.63. The molecule has 4 aromatic rings. The van der Waals surface area contributed by atoms with Gasteiger partial charge in [0, 0.05) is 22.0 Å². The number of hydrogen-bond donors (Lipinski definition) is 1. The largest absolute Gasteiger partial charge is 0.489 e. The minimum atomic E-state index is -0.569. The number of nitrogens with one attached hydrogen (secondary N) is 1. The Kier molecular flexibility index (Phi) is 9.00. The van der Waals surface area contributed by atoms with Crippen molar-refractivity contribution in [1.82, 2.24) is 14.8 Å². The predicted molar refractivity (Wildman–Crippen MR) is 166 cm³/mol. The number of fused-ring (bicyclic) bond motifs is 1. The van der Waals surface area contributed by atoms with E-state index in [1.54, 1.807) is 16.8 Å². The second kappa shape index (κ2) is 13.2. The van der Waals surface area contributed by atoms with Gasteiger partial charge in [0.25, 0.3) is 0 Å². The average Bonchev–Trinajstić information content (AvgIpc) is 3.42. The number of aromatic nitrogens is 3. The van der Waals surface area contributed by atoms with Crippen LogP contribution in [0, 0.1) is 5.82 Å². The lowest BCUT2D eigenvalue weighted by molar-refractivity contribution is -0.146. The van der Waals surface area contributed by atoms with Gasteiger partial charge >= 0.3 is 5.97 Å². The molecule has 0 saturated heterocycles. The highest BCUT2D eigenvalue weighted by Gasteiger charge is 2.36. The SMILES string of the molecule is CC1=C(C(=O)OC2CCCCC2)C(c2ccc(OCc3ccccc3Cl)cc2)n2nc(SCc3ccccc3F)nc2N1. The van der Waals surface area contributed by atoms with Crippen LogP contribution >= 0.6 is 23.4 Å². The summed E-state index contributed by atoms with van der Waals surface area (Å²) in [7, 11) is 0. The number of ether oxygens (including phenoxy) is 2. The molecule has 3 aromatic carbocycles. The van der Waals surface area contributed by atoms with Crippen LogP contribution in [0.5, 0.6) is 5.75 Å². The molecule has 0 bridgehead atoms. The molecule has 0 amide bonds. The van der Waals surface area contributed by atoms with Crippen molar-refractivity contribution in [2.24, 2.45) is 0 Å². The van der Waals surface area contributed by atoms with Gasteiger partial charge in [-0.1, -0.05) is 78.3 Å². The maximum absolute atomic E-state index is 14.2. The van der Waals surface area contributed by atoms with E-state index in [0.717, 1.165) is 36.8 Å². The van der Waals surface area contributed by atoms with Crippen LogP contribution in [0.25, 0.3) is 0 Å². The van der Waals surface area contributed by atoms with E-state index in [9.17, 15) is 9.18 Å². The second-order valence-corrected chi connectivity index (χ2v) is 12.1. The second-order valence-electron chi connectivity index (χ2n) is 10.7. The van der Waals surface area contributed by atoms with Crippen LogP contribution in [-0.4, -0.2) is 26.8 Å². The lowest BCUT2D eigenvalue weighted by Gasteiger charge is -2.30. The fraction of sp³-hybridized carbons (Fsp3) is 0.303. The van der Waals surface area contributed by atoms with Gasteiger partial charge in [0.15, 0.2) is 0 Å². The van der Waals surface area contributed by atoms with Gasteiger partial charge in [-0.25, -0.2) is 13.9 Å². The molecular formula is C33H32ClFN4O3S. The monoisotopic (exact) mass is 618 g/mol. The van der Waals surface area contributed by atoms with Crippen LogP contribution in [0.3, 0.4) is 0 Å². The molecule has 2 aliphatic rings. The smallest absolute Gasteiger partial charge is 0.338 e. The molecule has 0 radical (unpaired) electrons. The normalized spacial score (nSPS) is 16.9. The maximum Gasteiger partial charge on any atom is 0.338 e. The Morgan fingerprint density at radius 3 is 2.49 bits per heavy atom. The minimum absolute atomic E-state index is 0.0909. The minimum Gasteiger partial charge on any atom is -0.489 e. The zero-order valence-corrected chi connectivity index (χ0v) is 25.3. The Hall–Kier alpha value is -3.82. The van der Waals surface area contributed by atoms with E-state index in [1.807, 2.05) is 61.5 Å². The van der Waals surface area contributed by atoms with E-state index in [4.69, 9.17) is 26.2 Å². The molecule has 1 unspecified atom stereocenters. The highest BCUT2D eigenvalue weighted by atomic mass is 35.5. The van der Waals surface area contributed by atoms with Crippen molar-refractivity contribution in [3.63, 3.8) is 0 Å². The van der Waals surface area contributed by atoms with Gasteiger partial charge in [0.05, 0.1) is 5.57 Å². The Bertz CT molecular complexity index is 1640. The zero-order valence-electron chi connectivity index (χ0n) is 23.8. The van der Waals surface area contributed by atoms with Crippen LogP contribution in [0.4, 0.5) is 10.3 Å². The number of carbonyl (C=O) groups is 1. The summed E-state index contributed by atoms with van der Waals surface area (Å²) in [6.45, 7) is 2.19. The zero-order chi connectivity index (χ0) is 29.8. The number of thioether (sulfide) groups is 1. The summed E-state index contributed by atoms with van der Waals surface area (Å²) < 4.78 is 28.0. The molecule has 1 aliphatic carbocycles. The fourth-order valence-corrected chi connectivity index (χ4v) is 6.45. The van der Waals surface area contributed by atoms with Gasteiger partial charge in [-0.3, -0.25) is 0 Å². The molecular weight excluding hydrogens is 587 g/mol. The average molecular weight is 619 g/mol. The van der Waals surface area contributed by atoms with Crippen molar-refractivity contribution in [3.05, 3.63) is 112 Å². The summed E-state index contributed by atoms with van der Waals surface area (Å²) in [5.74, 6) is 0.928. The van der Waals surface area contributed by atoms with Crippen molar-refractivity contribution >= 4 is 35.3 Å². The third-order valence-electron chi connectivity index (χ3n) is 7.74. The van der Waals surface area contributed by atoms with E-state index in [1.165, 1.54) is 24.2 Å². The molecule has 6 rings (SSSR count). The first-order chi connectivity index (χ1) is 21.0. The highest BCUT2D eigenvalue weighted by Crippen LogP contribution is 2.38. The van der Waals surface area contributed by atoms with Crippen LogP contribution < -0.4 is 10.1 Å². The molecule has 1 saturated carbocycles. The first-order valence-corrected chi connectivity index (χ1v) is 15.8. The van der Waals surface area contributed by atoms with Gasteiger partial charge in [0.1, 0.15) is 30.3 Å². The quantitative estimate of drug-likeness (QED) is 0.150. The fourth-order valence-electron chi connectivity index (χ4n) is 5.44. The van der Waals surface area contributed by atoms with E-state index < -0.39 is 6.04 Å². The first kappa shape index (κ1) is 29.3. The summed E-state index contributed by atoms with van der Waals surface area (Å²) in [5.41, 5.74) is 3.45. The van der Waals surface area contributed by atoms with E-state index in [2.05, 4.69) is 10.3 Å². The molecule has 1 aromatic heterocycles. The Balaban J connectivity index is 1.27. The highest BCUT2D eigenvalue weighted by molar-refractivity contribution is 7.98.